The zero-order valence-corrected chi connectivity index (χ0v) is 15.1. The zero-order valence-electron chi connectivity index (χ0n) is 15.1. The fourth-order valence-corrected chi connectivity index (χ4v) is 3.16. The van der Waals surface area contributed by atoms with Gasteiger partial charge in [0.2, 0.25) is 0 Å². The van der Waals surface area contributed by atoms with E-state index < -0.39 is 0 Å². The van der Waals surface area contributed by atoms with Crippen LogP contribution in [0.2, 0.25) is 0 Å². The molecule has 3 aromatic carbocycles. The molecule has 0 spiro atoms. The van der Waals surface area contributed by atoms with E-state index in [2.05, 4.69) is 47.9 Å². The summed E-state index contributed by atoms with van der Waals surface area (Å²) in [5.74, 6) is 0.0164. The number of para-hydroxylation sites is 1. The van der Waals surface area contributed by atoms with Crippen LogP contribution in [0.1, 0.15) is 29.7 Å². The largest absolute Gasteiger partial charge is 0.328 e. The summed E-state index contributed by atoms with van der Waals surface area (Å²) in [6.45, 7) is 2.46. The molecule has 0 heterocycles. The molecule has 0 aromatic heterocycles. The molecule has 0 aliphatic rings. The van der Waals surface area contributed by atoms with Gasteiger partial charge in [-0.15, -0.1) is 0 Å². The number of quaternary nitrogens is 1. The van der Waals surface area contributed by atoms with Crippen molar-refractivity contribution >= 4 is 11.6 Å². The van der Waals surface area contributed by atoms with E-state index in [0.29, 0.717) is 6.54 Å². The molecule has 0 unspecified atom stereocenters. The molecule has 26 heavy (non-hydrogen) atoms. The van der Waals surface area contributed by atoms with Gasteiger partial charge in [-0.05, 0) is 18.1 Å². The van der Waals surface area contributed by atoms with E-state index in [4.69, 9.17) is 0 Å². The monoisotopic (exact) mass is 345 g/mol. The molecule has 0 atom stereocenters. The van der Waals surface area contributed by atoms with Crippen LogP contribution in [0, 0.1) is 0 Å². The summed E-state index contributed by atoms with van der Waals surface area (Å²) >= 11 is 0. The lowest BCUT2D eigenvalue weighted by Gasteiger charge is -2.17. The average Bonchev–Trinajstić information content (AvgIpc) is 2.70. The Hall–Kier alpha value is -2.91. The topological polar surface area (TPSA) is 45.7 Å². The summed E-state index contributed by atoms with van der Waals surface area (Å²) in [4.78, 5) is 12.5. The van der Waals surface area contributed by atoms with Crippen LogP contribution in [0.5, 0.6) is 0 Å². The smallest absolute Gasteiger partial charge is 0.279 e. The lowest BCUT2D eigenvalue weighted by atomic mass is 9.99. The van der Waals surface area contributed by atoms with Crippen LogP contribution in [-0.4, -0.2) is 12.5 Å². The third kappa shape index (κ3) is 4.58. The second-order valence-corrected chi connectivity index (χ2v) is 6.30. The summed E-state index contributed by atoms with van der Waals surface area (Å²) in [7, 11) is 0. The van der Waals surface area contributed by atoms with E-state index in [1.54, 1.807) is 0 Å². The predicted molar refractivity (Wildman–Crippen MR) is 106 cm³/mol. The lowest BCUT2D eigenvalue weighted by molar-refractivity contribution is -0.676. The van der Waals surface area contributed by atoms with Gasteiger partial charge in [-0.3, -0.25) is 4.79 Å². The maximum atomic E-state index is 12.5. The number of benzene rings is 3. The minimum absolute atomic E-state index is 0.0164. The summed E-state index contributed by atoms with van der Waals surface area (Å²) in [6, 6.07) is 28.7. The Morgan fingerprint density at radius 3 is 1.96 bits per heavy atom. The lowest BCUT2D eigenvalue weighted by Crippen LogP contribution is -2.87. The van der Waals surface area contributed by atoms with E-state index in [0.717, 1.165) is 17.7 Å². The van der Waals surface area contributed by atoms with Gasteiger partial charge < -0.3 is 10.6 Å². The molecular formula is C23H25N2O+. The summed E-state index contributed by atoms with van der Waals surface area (Å²) in [5.41, 5.74) is 4.45. The van der Waals surface area contributed by atoms with Gasteiger partial charge in [-0.1, -0.05) is 85.8 Å². The maximum absolute atomic E-state index is 12.5. The van der Waals surface area contributed by atoms with Gasteiger partial charge in [-0.2, -0.15) is 0 Å². The number of carbonyl (C=O) groups is 1. The first kappa shape index (κ1) is 17.9. The number of aryl methyl sites for hydroxylation is 1. The van der Waals surface area contributed by atoms with E-state index in [1.165, 1.54) is 11.1 Å². The van der Waals surface area contributed by atoms with Gasteiger partial charge in [0.15, 0.2) is 6.54 Å². The van der Waals surface area contributed by atoms with Crippen LogP contribution in [0.15, 0.2) is 84.9 Å². The Morgan fingerprint density at radius 1 is 0.846 bits per heavy atom. The molecule has 3 rings (SSSR count). The Bertz CT molecular complexity index is 792. The number of amides is 1. The first-order valence-electron chi connectivity index (χ1n) is 9.09. The number of anilines is 1. The zero-order chi connectivity index (χ0) is 18.2. The second kappa shape index (κ2) is 8.97. The summed E-state index contributed by atoms with van der Waals surface area (Å²) < 4.78 is 0. The molecule has 0 saturated heterocycles. The highest BCUT2D eigenvalue weighted by molar-refractivity contribution is 5.92. The first-order chi connectivity index (χ1) is 12.8. The maximum Gasteiger partial charge on any atom is 0.279 e. The van der Waals surface area contributed by atoms with Crippen molar-refractivity contribution in [3.63, 3.8) is 0 Å². The van der Waals surface area contributed by atoms with Crippen LogP contribution < -0.4 is 10.6 Å². The highest BCUT2D eigenvalue weighted by atomic mass is 16.1. The van der Waals surface area contributed by atoms with Crippen molar-refractivity contribution in [2.75, 3.05) is 11.9 Å². The molecule has 0 aliphatic heterocycles. The van der Waals surface area contributed by atoms with Crippen LogP contribution in [0.3, 0.4) is 0 Å². The highest BCUT2D eigenvalue weighted by Gasteiger charge is 2.18. The number of carbonyl (C=O) groups excluding carboxylic acids is 1. The van der Waals surface area contributed by atoms with Crippen molar-refractivity contribution in [1.29, 1.82) is 0 Å². The third-order valence-corrected chi connectivity index (χ3v) is 4.53. The molecule has 3 nitrogen and oxygen atoms in total. The van der Waals surface area contributed by atoms with E-state index in [-0.39, 0.29) is 11.9 Å². The van der Waals surface area contributed by atoms with Crippen LogP contribution >= 0.6 is 0 Å². The van der Waals surface area contributed by atoms with Crippen LogP contribution in [0.4, 0.5) is 5.69 Å². The number of hydrogen-bond acceptors (Lipinski definition) is 1. The van der Waals surface area contributed by atoms with Gasteiger partial charge in [0.1, 0.15) is 6.04 Å². The predicted octanol–water partition coefficient (Wildman–Crippen LogP) is 3.54. The van der Waals surface area contributed by atoms with Crippen molar-refractivity contribution in [1.82, 2.24) is 0 Å². The number of nitrogens with two attached hydrogens (primary N) is 1. The molecule has 3 heteroatoms. The van der Waals surface area contributed by atoms with Gasteiger partial charge in [0.25, 0.3) is 5.91 Å². The Balaban J connectivity index is 1.71. The molecule has 0 aliphatic carbocycles. The fourth-order valence-electron chi connectivity index (χ4n) is 3.16. The first-order valence-corrected chi connectivity index (χ1v) is 9.09. The standard InChI is InChI=1S/C23H24N2O/c1-2-18-11-9-10-16-21(18)25-22(26)17-24-23(19-12-5-3-6-13-19)20-14-7-4-8-15-20/h3-16,23-24H,2,17H2,1H3,(H,25,26)/p+1. The van der Waals surface area contributed by atoms with Crippen molar-refractivity contribution in [2.45, 2.75) is 19.4 Å². The van der Waals surface area contributed by atoms with Crippen molar-refractivity contribution in [2.24, 2.45) is 0 Å². The molecule has 3 N–H and O–H groups in total. The fraction of sp³-hybridized carbons (Fsp3) is 0.174. The average molecular weight is 345 g/mol. The highest BCUT2D eigenvalue weighted by Crippen LogP contribution is 2.18. The van der Waals surface area contributed by atoms with E-state index >= 15 is 0 Å². The van der Waals surface area contributed by atoms with Crippen LogP contribution in [0.25, 0.3) is 0 Å². The summed E-state index contributed by atoms with van der Waals surface area (Å²) in [6.07, 6.45) is 0.900. The minimum Gasteiger partial charge on any atom is -0.328 e. The van der Waals surface area contributed by atoms with Crippen molar-refractivity contribution in [3.05, 3.63) is 102 Å². The molecule has 132 valence electrons. The molecule has 0 saturated carbocycles. The number of hydrogen-bond donors (Lipinski definition) is 2. The van der Waals surface area contributed by atoms with E-state index in [9.17, 15) is 4.79 Å². The van der Waals surface area contributed by atoms with Gasteiger partial charge in [-0.25, -0.2) is 0 Å². The van der Waals surface area contributed by atoms with Gasteiger partial charge in [0, 0.05) is 16.8 Å². The normalized spacial score (nSPS) is 10.7. The number of nitrogens with one attached hydrogen (secondary N) is 1. The van der Waals surface area contributed by atoms with Gasteiger partial charge >= 0.3 is 0 Å². The Labute approximate surface area is 155 Å². The second-order valence-electron chi connectivity index (χ2n) is 6.30. The number of rotatable bonds is 7. The van der Waals surface area contributed by atoms with Crippen molar-refractivity contribution in [3.8, 4) is 0 Å². The SMILES string of the molecule is CCc1ccccc1NC(=O)C[NH2+]C(c1ccccc1)c1ccccc1. The Kier molecular flexibility index (Phi) is 6.18. The third-order valence-electron chi connectivity index (χ3n) is 4.53. The van der Waals surface area contributed by atoms with Crippen molar-refractivity contribution < 1.29 is 10.1 Å². The minimum atomic E-state index is 0.0164. The Morgan fingerprint density at radius 2 is 1.38 bits per heavy atom. The molecule has 0 fully saturated rings. The molecule has 0 bridgehead atoms. The molecular weight excluding hydrogens is 320 g/mol. The van der Waals surface area contributed by atoms with Gasteiger partial charge in [0.05, 0.1) is 0 Å². The van der Waals surface area contributed by atoms with Crippen LogP contribution in [-0.2, 0) is 11.2 Å². The summed E-state index contributed by atoms with van der Waals surface area (Å²) in [5, 5.41) is 5.14. The molecule has 3 aromatic rings. The van der Waals surface area contributed by atoms with E-state index in [1.807, 2.05) is 54.6 Å². The molecule has 1 amide bonds. The quantitative estimate of drug-likeness (QED) is 0.676. The molecule has 0 radical (unpaired) electrons.